The van der Waals surface area contributed by atoms with E-state index in [4.69, 9.17) is 14.6 Å². The van der Waals surface area contributed by atoms with E-state index in [1.54, 1.807) is 26.8 Å². The van der Waals surface area contributed by atoms with E-state index in [-0.39, 0.29) is 11.6 Å². The number of esters is 1. The van der Waals surface area contributed by atoms with Crippen LogP contribution in [0.2, 0.25) is 0 Å². The number of carboxylic acids is 1. The number of carbonyl (C=O) groups excluding carboxylic acids is 1. The standard InChI is InChI=1S/C16H17N3O7/c1-16(2,3)26-11(20)8-24-12-9(19-15-17-5-4-6-18-15)7-10(13(21)22)25-14(12)23/h4-7H,8H2,1-3H3,(H,21,22)(H,17,18,19). The van der Waals surface area contributed by atoms with Gasteiger partial charge >= 0.3 is 17.6 Å². The predicted octanol–water partition coefficient (Wildman–Crippen LogP) is 1.59. The highest BCUT2D eigenvalue weighted by Crippen LogP contribution is 2.24. The summed E-state index contributed by atoms with van der Waals surface area (Å²) in [6.45, 7) is 4.47. The van der Waals surface area contributed by atoms with Crippen LogP contribution >= 0.6 is 0 Å². The molecule has 2 rings (SSSR count). The van der Waals surface area contributed by atoms with Gasteiger partial charge < -0.3 is 24.3 Å². The van der Waals surface area contributed by atoms with Gasteiger partial charge in [0.05, 0.1) is 5.69 Å². The molecule has 0 aliphatic heterocycles. The second kappa shape index (κ2) is 7.64. The molecule has 26 heavy (non-hydrogen) atoms. The maximum absolute atomic E-state index is 12.1. The van der Waals surface area contributed by atoms with Crippen LogP contribution in [0.4, 0.5) is 11.6 Å². The molecule has 0 radical (unpaired) electrons. The third kappa shape index (κ3) is 5.30. The summed E-state index contributed by atoms with van der Waals surface area (Å²) >= 11 is 0. The quantitative estimate of drug-likeness (QED) is 0.727. The van der Waals surface area contributed by atoms with Crippen molar-refractivity contribution in [3.8, 4) is 5.75 Å². The molecule has 10 heteroatoms. The van der Waals surface area contributed by atoms with E-state index in [1.807, 2.05) is 0 Å². The zero-order valence-electron chi connectivity index (χ0n) is 14.3. The van der Waals surface area contributed by atoms with Crippen LogP contribution in [-0.2, 0) is 9.53 Å². The summed E-state index contributed by atoms with van der Waals surface area (Å²) in [6.07, 6.45) is 2.89. The van der Waals surface area contributed by atoms with Gasteiger partial charge in [-0.1, -0.05) is 0 Å². The molecule has 0 aromatic carbocycles. The Labute approximate surface area is 147 Å². The number of carboxylic acid groups (broad SMARTS) is 1. The lowest BCUT2D eigenvalue weighted by Crippen LogP contribution is -2.28. The van der Waals surface area contributed by atoms with E-state index in [0.717, 1.165) is 6.07 Å². The number of carbonyl (C=O) groups is 2. The number of hydrogen-bond acceptors (Lipinski definition) is 9. The first-order chi connectivity index (χ1) is 12.2. The molecule has 0 amide bonds. The first-order valence-electron chi connectivity index (χ1n) is 7.46. The Kier molecular flexibility index (Phi) is 5.55. The Morgan fingerprint density at radius 3 is 2.50 bits per heavy atom. The largest absolute Gasteiger partial charge is 0.475 e. The van der Waals surface area contributed by atoms with Crippen molar-refractivity contribution in [3.63, 3.8) is 0 Å². The number of ether oxygens (including phenoxy) is 2. The first-order valence-corrected chi connectivity index (χ1v) is 7.46. The van der Waals surface area contributed by atoms with Crippen molar-refractivity contribution >= 4 is 23.6 Å². The maximum atomic E-state index is 12.1. The molecule has 0 aliphatic rings. The van der Waals surface area contributed by atoms with Crippen LogP contribution in [0.25, 0.3) is 0 Å². The molecule has 0 saturated carbocycles. The van der Waals surface area contributed by atoms with Crippen LogP contribution < -0.4 is 15.7 Å². The number of nitrogens with zero attached hydrogens (tertiary/aromatic N) is 2. The third-order valence-electron chi connectivity index (χ3n) is 2.69. The molecule has 0 saturated heterocycles. The van der Waals surface area contributed by atoms with Crippen LogP contribution in [0, 0.1) is 0 Å². The molecule has 0 aliphatic carbocycles. The normalized spacial score (nSPS) is 10.9. The molecule has 2 aromatic rings. The second-order valence-electron chi connectivity index (χ2n) is 6.02. The van der Waals surface area contributed by atoms with E-state index < -0.39 is 41.3 Å². The summed E-state index contributed by atoms with van der Waals surface area (Å²) in [4.78, 5) is 42.7. The SMILES string of the molecule is CC(C)(C)OC(=O)COc1c(Nc2ncccn2)cc(C(=O)O)oc1=O. The van der Waals surface area contributed by atoms with Gasteiger partial charge in [-0.15, -0.1) is 0 Å². The van der Waals surface area contributed by atoms with Gasteiger partial charge in [0, 0.05) is 18.5 Å². The summed E-state index contributed by atoms with van der Waals surface area (Å²) < 4.78 is 14.9. The maximum Gasteiger partial charge on any atom is 0.381 e. The summed E-state index contributed by atoms with van der Waals surface area (Å²) in [5.41, 5.74) is -1.86. The molecule has 10 nitrogen and oxygen atoms in total. The highest BCUT2D eigenvalue weighted by atomic mass is 16.6. The molecule has 2 N–H and O–H groups in total. The van der Waals surface area contributed by atoms with Gasteiger partial charge in [-0.25, -0.2) is 24.4 Å². The minimum absolute atomic E-state index is 0.0617. The lowest BCUT2D eigenvalue weighted by molar-refractivity contribution is -0.157. The van der Waals surface area contributed by atoms with E-state index >= 15 is 0 Å². The minimum Gasteiger partial charge on any atom is -0.475 e. The van der Waals surface area contributed by atoms with Crippen molar-refractivity contribution in [1.82, 2.24) is 9.97 Å². The van der Waals surface area contributed by atoms with Gasteiger partial charge in [0.15, 0.2) is 6.61 Å². The smallest absolute Gasteiger partial charge is 0.381 e. The van der Waals surface area contributed by atoms with Gasteiger partial charge in [0.25, 0.3) is 0 Å². The fourth-order valence-electron chi connectivity index (χ4n) is 1.80. The van der Waals surface area contributed by atoms with Crippen molar-refractivity contribution in [2.75, 3.05) is 11.9 Å². The minimum atomic E-state index is -1.45. The lowest BCUT2D eigenvalue weighted by Gasteiger charge is -2.19. The number of aromatic carboxylic acids is 1. The van der Waals surface area contributed by atoms with Gasteiger partial charge in [-0.3, -0.25) is 0 Å². The Balaban J connectivity index is 2.30. The monoisotopic (exact) mass is 363 g/mol. The summed E-state index contributed by atoms with van der Waals surface area (Å²) in [7, 11) is 0. The van der Waals surface area contributed by atoms with Crippen LogP contribution in [0.5, 0.6) is 5.75 Å². The molecule has 2 heterocycles. The first kappa shape index (κ1) is 18.9. The van der Waals surface area contributed by atoms with Gasteiger partial charge in [-0.05, 0) is 26.8 Å². The predicted molar refractivity (Wildman–Crippen MR) is 88.6 cm³/mol. The number of hydrogen-bond donors (Lipinski definition) is 2. The molecular formula is C16H17N3O7. The Morgan fingerprint density at radius 2 is 1.92 bits per heavy atom. The number of aromatic nitrogens is 2. The average molecular weight is 363 g/mol. The van der Waals surface area contributed by atoms with Crippen LogP contribution in [0.15, 0.2) is 33.7 Å². The van der Waals surface area contributed by atoms with Gasteiger partial charge in [0.2, 0.25) is 17.5 Å². The number of rotatable bonds is 6. The molecule has 138 valence electrons. The van der Waals surface area contributed by atoms with E-state index in [9.17, 15) is 14.4 Å². The Hall–Kier alpha value is -3.43. The van der Waals surface area contributed by atoms with Crippen molar-refractivity contribution in [3.05, 3.63) is 40.7 Å². The zero-order valence-corrected chi connectivity index (χ0v) is 14.3. The molecular weight excluding hydrogens is 346 g/mol. The summed E-state index contributed by atoms with van der Waals surface area (Å²) in [5.74, 6) is -3.07. The second-order valence-corrected chi connectivity index (χ2v) is 6.02. The number of nitrogens with one attached hydrogen (secondary N) is 1. The summed E-state index contributed by atoms with van der Waals surface area (Å²) in [5, 5.41) is 11.7. The Morgan fingerprint density at radius 1 is 1.27 bits per heavy atom. The lowest BCUT2D eigenvalue weighted by atomic mass is 10.2. The fourth-order valence-corrected chi connectivity index (χ4v) is 1.80. The van der Waals surface area contributed by atoms with Crippen LogP contribution in [0.3, 0.4) is 0 Å². The van der Waals surface area contributed by atoms with Crippen LogP contribution in [-0.4, -0.2) is 39.2 Å². The van der Waals surface area contributed by atoms with E-state index in [0.29, 0.717) is 0 Å². The van der Waals surface area contributed by atoms with Crippen molar-refractivity contribution in [1.29, 1.82) is 0 Å². The Bertz CT molecular complexity index is 856. The van der Waals surface area contributed by atoms with Gasteiger partial charge in [-0.2, -0.15) is 0 Å². The van der Waals surface area contributed by atoms with Crippen molar-refractivity contribution < 1.29 is 28.6 Å². The zero-order chi connectivity index (χ0) is 19.3. The van der Waals surface area contributed by atoms with Crippen LogP contribution in [0.1, 0.15) is 31.3 Å². The van der Waals surface area contributed by atoms with E-state index in [1.165, 1.54) is 12.4 Å². The highest BCUT2D eigenvalue weighted by Gasteiger charge is 2.21. The van der Waals surface area contributed by atoms with E-state index in [2.05, 4.69) is 19.7 Å². The molecule has 0 spiro atoms. The van der Waals surface area contributed by atoms with Crippen molar-refractivity contribution in [2.24, 2.45) is 0 Å². The highest BCUT2D eigenvalue weighted by molar-refractivity contribution is 5.86. The topological polar surface area (TPSA) is 141 Å². The molecule has 0 fully saturated rings. The molecule has 0 atom stereocenters. The van der Waals surface area contributed by atoms with Crippen molar-refractivity contribution in [2.45, 2.75) is 26.4 Å². The molecule has 2 aromatic heterocycles. The molecule has 0 unspecified atom stereocenters. The molecule has 0 bridgehead atoms. The third-order valence-corrected chi connectivity index (χ3v) is 2.69. The summed E-state index contributed by atoms with van der Waals surface area (Å²) in [6, 6.07) is 2.61. The number of anilines is 2. The average Bonchev–Trinajstić information content (AvgIpc) is 2.53. The fraction of sp³-hybridized carbons (Fsp3) is 0.312. The van der Waals surface area contributed by atoms with Gasteiger partial charge in [0.1, 0.15) is 5.60 Å².